The van der Waals surface area contributed by atoms with Gasteiger partial charge in [0.2, 0.25) is 0 Å². The number of nitrogens with two attached hydrogens (primary N) is 1. The second-order valence-electron chi connectivity index (χ2n) is 6.69. The molecule has 1 heterocycles. The Balaban J connectivity index is 1.69. The van der Waals surface area contributed by atoms with Gasteiger partial charge >= 0.3 is 0 Å². The predicted molar refractivity (Wildman–Crippen MR) is 83.4 cm³/mol. The fourth-order valence-corrected chi connectivity index (χ4v) is 4.37. The topological polar surface area (TPSA) is 50.9 Å². The van der Waals surface area contributed by atoms with Crippen LogP contribution in [0.1, 0.15) is 44.6 Å². The van der Waals surface area contributed by atoms with Crippen LogP contribution in [0.5, 0.6) is 0 Å². The summed E-state index contributed by atoms with van der Waals surface area (Å²) >= 11 is 0. The van der Waals surface area contributed by atoms with Crippen LogP contribution < -0.4 is 11.1 Å². The Morgan fingerprint density at radius 2 is 2.30 bits per heavy atom. The van der Waals surface area contributed by atoms with Crippen molar-refractivity contribution in [3.05, 3.63) is 23.9 Å². The molecule has 3 heteroatoms. The smallest absolute Gasteiger partial charge is 0.123 e. The Labute approximate surface area is 122 Å². The molecule has 0 aromatic carbocycles. The molecule has 0 radical (unpaired) electrons. The highest BCUT2D eigenvalue weighted by Crippen LogP contribution is 2.49. The fraction of sp³-hybridized carbons (Fsp3) is 0.706. The summed E-state index contributed by atoms with van der Waals surface area (Å²) in [4.78, 5) is 4.10. The Hall–Kier alpha value is -1.09. The molecule has 4 unspecified atom stereocenters. The maximum atomic E-state index is 5.82. The maximum Gasteiger partial charge on any atom is 0.123 e. The third kappa shape index (κ3) is 2.98. The molecule has 2 saturated carbocycles. The number of nitrogens with zero attached hydrogens (tertiary/aromatic N) is 1. The van der Waals surface area contributed by atoms with Gasteiger partial charge in [-0.05, 0) is 74.1 Å². The molecule has 4 atom stereocenters. The lowest BCUT2D eigenvalue weighted by molar-refractivity contribution is 0.247. The molecule has 3 rings (SSSR count). The van der Waals surface area contributed by atoms with Gasteiger partial charge < -0.3 is 11.1 Å². The van der Waals surface area contributed by atoms with Crippen molar-refractivity contribution in [3.8, 4) is 0 Å². The molecule has 0 saturated heterocycles. The molecular weight excluding hydrogens is 246 g/mol. The Bertz CT molecular complexity index is 446. The van der Waals surface area contributed by atoms with Crippen LogP contribution in [-0.2, 0) is 6.42 Å². The SMILES string of the molecule is CCCNC(Cc1ccnc(N)c1)C1CC2CCC1C2. The van der Waals surface area contributed by atoms with Gasteiger partial charge in [0.05, 0.1) is 0 Å². The standard InChI is InChI=1S/C17H27N3/c1-2-6-19-16(10-13-5-7-20-17(18)11-13)15-9-12-3-4-14(15)8-12/h5,7,11-12,14-16,19H,2-4,6,8-10H2,1H3,(H2,18,20). The molecule has 0 spiro atoms. The Morgan fingerprint density at radius 3 is 2.95 bits per heavy atom. The summed E-state index contributed by atoms with van der Waals surface area (Å²) < 4.78 is 0. The van der Waals surface area contributed by atoms with Gasteiger partial charge in [0.15, 0.2) is 0 Å². The summed E-state index contributed by atoms with van der Waals surface area (Å²) in [5.74, 6) is 3.49. The number of hydrogen-bond donors (Lipinski definition) is 2. The minimum Gasteiger partial charge on any atom is -0.384 e. The van der Waals surface area contributed by atoms with E-state index in [2.05, 4.69) is 23.3 Å². The maximum absolute atomic E-state index is 5.82. The van der Waals surface area contributed by atoms with E-state index in [1.165, 1.54) is 37.7 Å². The van der Waals surface area contributed by atoms with E-state index in [4.69, 9.17) is 5.73 Å². The zero-order valence-electron chi connectivity index (χ0n) is 12.5. The first kappa shape index (κ1) is 13.9. The van der Waals surface area contributed by atoms with E-state index in [1.807, 2.05) is 12.3 Å². The molecule has 2 bridgehead atoms. The van der Waals surface area contributed by atoms with Crippen molar-refractivity contribution in [1.29, 1.82) is 0 Å². The number of rotatable bonds is 6. The number of nitrogens with one attached hydrogen (secondary N) is 1. The molecule has 1 aromatic rings. The highest BCUT2D eigenvalue weighted by molar-refractivity contribution is 5.32. The van der Waals surface area contributed by atoms with Gasteiger partial charge in [-0.15, -0.1) is 0 Å². The van der Waals surface area contributed by atoms with E-state index < -0.39 is 0 Å². The highest BCUT2D eigenvalue weighted by Gasteiger charge is 2.42. The summed E-state index contributed by atoms with van der Waals surface area (Å²) in [5.41, 5.74) is 7.14. The monoisotopic (exact) mass is 273 g/mol. The van der Waals surface area contributed by atoms with Crippen molar-refractivity contribution < 1.29 is 0 Å². The number of hydrogen-bond acceptors (Lipinski definition) is 3. The first-order valence-corrected chi connectivity index (χ1v) is 8.20. The molecule has 0 amide bonds. The van der Waals surface area contributed by atoms with E-state index in [-0.39, 0.29) is 0 Å². The van der Waals surface area contributed by atoms with Crippen molar-refractivity contribution in [2.45, 2.75) is 51.5 Å². The van der Waals surface area contributed by atoms with E-state index in [1.54, 1.807) is 0 Å². The highest BCUT2D eigenvalue weighted by atomic mass is 14.9. The van der Waals surface area contributed by atoms with E-state index in [9.17, 15) is 0 Å². The van der Waals surface area contributed by atoms with Gasteiger partial charge in [-0.3, -0.25) is 0 Å². The lowest BCUT2D eigenvalue weighted by Crippen LogP contribution is -2.40. The lowest BCUT2D eigenvalue weighted by atomic mass is 9.81. The number of fused-ring (bicyclic) bond motifs is 2. The third-order valence-electron chi connectivity index (χ3n) is 5.27. The summed E-state index contributed by atoms with van der Waals surface area (Å²) in [6, 6.07) is 4.77. The number of nitrogen functional groups attached to an aromatic ring is 1. The van der Waals surface area contributed by atoms with Crippen molar-refractivity contribution in [2.75, 3.05) is 12.3 Å². The summed E-state index contributed by atoms with van der Waals surface area (Å²) in [7, 11) is 0. The van der Waals surface area contributed by atoms with E-state index in [0.29, 0.717) is 11.9 Å². The predicted octanol–water partition coefficient (Wildman–Crippen LogP) is 3.01. The van der Waals surface area contributed by atoms with Crippen molar-refractivity contribution >= 4 is 5.82 Å². The van der Waals surface area contributed by atoms with Crippen LogP contribution in [0.3, 0.4) is 0 Å². The summed E-state index contributed by atoms with van der Waals surface area (Å²) in [6.45, 7) is 3.37. The number of pyridine rings is 1. The Kier molecular flexibility index (Phi) is 4.25. The molecule has 20 heavy (non-hydrogen) atoms. The molecule has 3 N–H and O–H groups in total. The van der Waals surface area contributed by atoms with Crippen molar-refractivity contribution in [3.63, 3.8) is 0 Å². The quantitative estimate of drug-likeness (QED) is 0.837. The normalized spacial score (nSPS) is 29.8. The van der Waals surface area contributed by atoms with Crippen LogP contribution in [-0.4, -0.2) is 17.6 Å². The second kappa shape index (κ2) is 6.13. The van der Waals surface area contributed by atoms with Crippen LogP contribution in [0.2, 0.25) is 0 Å². The zero-order valence-corrected chi connectivity index (χ0v) is 12.5. The first-order valence-electron chi connectivity index (χ1n) is 8.20. The van der Waals surface area contributed by atoms with E-state index >= 15 is 0 Å². The van der Waals surface area contributed by atoms with Gasteiger partial charge in [0.25, 0.3) is 0 Å². The van der Waals surface area contributed by atoms with Gasteiger partial charge in [-0.1, -0.05) is 13.3 Å². The number of anilines is 1. The Morgan fingerprint density at radius 1 is 1.40 bits per heavy atom. The average Bonchev–Trinajstić information content (AvgIpc) is 3.06. The molecule has 0 aliphatic heterocycles. The van der Waals surface area contributed by atoms with Crippen molar-refractivity contribution in [1.82, 2.24) is 10.3 Å². The lowest BCUT2D eigenvalue weighted by Gasteiger charge is -2.31. The van der Waals surface area contributed by atoms with E-state index in [0.717, 1.165) is 30.7 Å². The summed E-state index contributed by atoms with van der Waals surface area (Å²) in [5, 5.41) is 3.80. The van der Waals surface area contributed by atoms with Crippen LogP contribution in [0.4, 0.5) is 5.82 Å². The first-order chi connectivity index (χ1) is 9.76. The second-order valence-corrected chi connectivity index (χ2v) is 6.69. The summed E-state index contributed by atoms with van der Waals surface area (Å²) in [6.07, 6.45) is 9.99. The number of aromatic nitrogens is 1. The van der Waals surface area contributed by atoms with Gasteiger partial charge in [-0.2, -0.15) is 0 Å². The minimum atomic E-state index is 0.618. The van der Waals surface area contributed by atoms with Crippen LogP contribution in [0.15, 0.2) is 18.3 Å². The molecule has 2 fully saturated rings. The van der Waals surface area contributed by atoms with Gasteiger partial charge in [-0.25, -0.2) is 4.98 Å². The van der Waals surface area contributed by atoms with Crippen LogP contribution >= 0.6 is 0 Å². The largest absolute Gasteiger partial charge is 0.384 e. The van der Waals surface area contributed by atoms with Crippen molar-refractivity contribution in [2.24, 2.45) is 17.8 Å². The van der Waals surface area contributed by atoms with Crippen LogP contribution in [0.25, 0.3) is 0 Å². The zero-order chi connectivity index (χ0) is 13.9. The average molecular weight is 273 g/mol. The molecule has 2 aliphatic carbocycles. The molecule has 110 valence electrons. The molecule has 1 aromatic heterocycles. The van der Waals surface area contributed by atoms with Gasteiger partial charge in [0, 0.05) is 12.2 Å². The van der Waals surface area contributed by atoms with Crippen LogP contribution in [0, 0.1) is 17.8 Å². The molecule has 2 aliphatic rings. The molecule has 3 nitrogen and oxygen atoms in total. The minimum absolute atomic E-state index is 0.618. The van der Waals surface area contributed by atoms with Gasteiger partial charge in [0.1, 0.15) is 5.82 Å². The molecular formula is C17H27N3. The third-order valence-corrected chi connectivity index (χ3v) is 5.27. The fourth-order valence-electron chi connectivity index (χ4n) is 4.37.